The van der Waals surface area contributed by atoms with Crippen molar-refractivity contribution in [2.45, 2.75) is 63.5 Å². The van der Waals surface area contributed by atoms with Crippen LogP contribution in [0.4, 0.5) is 8.78 Å². The number of rotatable bonds is 6. The lowest BCUT2D eigenvalue weighted by molar-refractivity contribution is -0.136. The predicted molar refractivity (Wildman–Crippen MR) is 120 cm³/mol. The minimum Gasteiger partial charge on any atom is -0.390 e. The standard InChI is InChI=1S/C27H29F2NO3/c1-2-4-16-11-17(25(31)23-21(28)5-3-6-22(23)29)7-8-20(16)26(32)30-24-18-9-15-10-19(24)14-27(33,12-15)13-18/h3,5-8,11,15,18-19,24,33H,2,4,9-10,12-14H2,1H3,(H,30,32). The van der Waals surface area contributed by atoms with Crippen molar-refractivity contribution in [1.29, 1.82) is 0 Å². The van der Waals surface area contributed by atoms with Gasteiger partial charge in [0, 0.05) is 17.2 Å². The largest absolute Gasteiger partial charge is 0.390 e. The van der Waals surface area contributed by atoms with Crippen molar-refractivity contribution in [2.75, 3.05) is 0 Å². The fraction of sp³-hybridized carbons (Fsp3) is 0.481. The predicted octanol–water partition coefficient (Wildman–Crippen LogP) is 4.82. The molecule has 4 fully saturated rings. The zero-order chi connectivity index (χ0) is 23.3. The van der Waals surface area contributed by atoms with Gasteiger partial charge in [-0.05, 0) is 86.1 Å². The Hall–Kier alpha value is -2.60. The third-order valence-corrected chi connectivity index (χ3v) is 7.86. The Labute approximate surface area is 192 Å². The molecule has 6 rings (SSSR count). The fourth-order valence-electron chi connectivity index (χ4n) is 6.74. The third kappa shape index (κ3) is 3.99. The first kappa shape index (κ1) is 22.2. The number of carbonyl (C=O) groups excluding carboxylic acids is 2. The molecule has 1 amide bonds. The monoisotopic (exact) mass is 453 g/mol. The quantitative estimate of drug-likeness (QED) is 0.617. The van der Waals surface area contributed by atoms with Crippen LogP contribution in [0.25, 0.3) is 0 Å². The van der Waals surface area contributed by atoms with Crippen molar-refractivity contribution in [3.05, 3.63) is 70.3 Å². The molecule has 33 heavy (non-hydrogen) atoms. The van der Waals surface area contributed by atoms with E-state index in [1.165, 1.54) is 12.1 Å². The highest BCUT2D eigenvalue weighted by Crippen LogP contribution is 2.55. The molecule has 4 bridgehead atoms. The van der Waals surface area contributed by atoms with Crippen molar-refractivity contribution in [2.24, 2.45) is 17.8 Å². The molecule has 4 nitrogen and oxygen atoms in total. The molecule has 0 aromatic heterocycles. The van der Waals surface area contributed by atoms with Crippen LogP contribution >= 0.6 is 0 Å². The topological polar surface area (TPSA) is 66.4 Å². The second-order valence-electron chi connectivity index (χ2n) is 10.2. The average molecular weight is 454 g/mol. The third-order valence-electron chi connectivity index (χ3n) is 7.86. The molecule has 2 aromatic carbocycles. The van der Waals surface area contributed by atoms with Gasteiger partial charge in [-0.2, -0.15) is 0 Å². The zero-order valence-electron chi connectivity index (χ0n) is 18.7. The van der Waals surface area contributed by atoms with E-state index >= 15 is 0 Å². The molecule has 2 atom stereocenters. The molecule has 0 spiro atoms. The molecule has 2 N–H and O–H groups in total. The molecule has 0 radical (unpaired) electrons. The molecular formula is C27H29F2NO3. The number of ketones is 1. The van der Waals surface area contributed by atoms with E-state index in [-0.39, 0.29) is 17.5 Å². The SMILES string of the molecule is CCCc1cc(C(=O)c2c(F)cccc2F)ccc1C(=O)NC1C2CC3CC1CC(O)(C3)C2. The number of aliphatic hydroxyl groups is 1. The molecule has 174 valence electrons. The van der Waals surface area contributed by atoms with E-state index in [1.54, 1.807) is 12.1 Å². The van der Waals surface area contributed by atoms with E-state index in [1.807, 2.05) is 6.92 Å². The summed E-state index contributed by atoms with van der Waals surface area (Å²) in [5.74, 6) is -1.57. The summed E-state index contributed by atoms with van der Waals surface area (Å²) in [6, 6.07) is 8.06. The van der Waals surface area contributed by atoms with Crippen LogP contribution in [0.3, 0.4) is 0 Å². The van der Waals surface area contributed by atoms with Gasteiger partial charge in [0.25, 0.3) is 5.91 Å². The van der Waals surface area contributed by atoms with Gasteiger partial charge >= 0.3 is 0 Å². The van der Waals surface area contributed by atoms with E-state index in [2.05, 4.69) is 5.32 Å². The van der Waals surface area contributed by atoms with Crippen molar-refractivity contribution in [3.8, 4) is 0 Å². The molecular weight excluding hydrogens is 424 g/mol. The van der Waals surface area contributed by atoms with Crippen LogP contribution in [0.1, 0.15) is 77.3 Å². The van der Waals surface area contributed by atoms with E-state index in [4.69, 9.17) is 0 Å². The second kappa shape index (κ2) is 8.32. The highest BCUT2D eigenvalue weighted by atomic mass is 19.1. The molecule has 4 saturated carbocycles. The number of amides is 1. The summed E-state index contributed by atoms with van der Waals surface area (Å²) in [7, 11) is 0. The summed E-state index contributed by atoms with van der Waals surface area (Å²) in [4.78, 5) is 26.1. The lowest BCUT2D eigenvalue weighted by Crippen LogP contribution is -2.61. The number of benzene rings is 2. The van der Waals surface area contributed by atoms with Crippen LogP contribution in [-0.4, -0.2) is 28.4 Å². The number of carbonyl (C=O) groups is 2. The summed E-state index contributed by atoms with van der Waals surface area (Å²) in [6.07, 6.45) is 5.81. The summed E-state index contributed by atoms with van der Waals surface area (Å²) < 4.78 is 28.3. The van der Waals surface area contributed by atoms with Crippen molar-refractivity contribution in [1.82, 2.24) is 5.32 Å². The van der Waals surface area contributed by atoms with Gasteiger partial charge in [0.2, 0.25) is 0 Å². The first-order valence-corrected chi connectivity index (χ1v) is 11.9. The van der Waals surface area contributed by atoms with Gasteiger partial charge in [-0.25, -0.2) is 8.78 Å². The van der Waals surface area contributed by atoms with Gasteiger partial charge in [0.15, 0.2) is 5.78 Å². The summed E-state index contributed by atoms with van der Waals surface area (Å²) in [6.45, 7) is 1.98. The smallest absolute Gasteiger partial charge is 0.251 e. The Morgan fingerprint density at radius 1 is 1.06 bits per heavy atom. The fourth-order valence-corrected chi connectivity index (χ4v) is 6.74. The van der Waals surface area contributed by atoms with E-state index < -0.39 is 28.6 Å². The van der Waals surface area contributed by atoms with Crippen LogP contribution in [0, 0.1) is 29.4 Å². The second-order valence-corrected chi connectivity index (χ2v) is 10.2. The van der Waals surface area contributed by atoms with Gasteiger partial charge in [-0.15, -0.1) is 0 Å². The minimum atomic E-state index is -0.901. The van der Waals surface area contributed by atoms with Crippen LogP contribution in [0.2, 0.25) is 0 Å². The first-order chi connectivity index (χ1) is 15.8. The molecule has 0 aliphatic heterocycles. The number of halogens is 2. The van der Waals surface area contributed by atoms with Crippen LogP contribution < -0.4 is 5.32 Å². The Bertz CT molecular complexity index is 1080. The lowest BCUT2D eigenvalue weighted by atomic mass is 9.52. The zero-order valence-corrected chi connectivity index (χ0v) is 18.7. The van der Waals surface area contributed by atoms with Gasteiger partial charge in [0.1, 0.15) is 11.6 Å². The molecule has 0 saturated heterocycles. The molecule has 6 heteroatoms. The van der Waals surface area contributed by atoms with E-state index in [0.717, 1.165) is 50.7 Å². The van der Waals surface area contributed by atoms with Crippen molar-refractivity contribution >= 4 is 11.7 Å². The molecule has 0 heterocycles. The minimum absolute atomic E-state index is 0.0534. The first-order valence-electron chi connectivity index (χ1n) is 11.9. The van der Waals surface area contributed by atoms with Gasteiger partial charge in [-0.1, -0.05) is 25.5 Å². The number of hydrogen-bond donors (Lipinski definition) is 2. The lowest BCUT2D eigenvalue weighted by Gasteiger charge is -2.58. The normalized spacial score (nSPS) is 29.8. The Balaban J connectivity index is 1.39. The Morgan fingerprint density at radius 3 is 2.33 bits per heavy atom. The number of aryl methyl sites for hydroxylation is 1. The van der Waals surface area contributed by atoms with E-state index in [9.17, 15) is 23.5 Å². The summed E-state index contributed by atoms with van der Waals surface area (Å²) in [5.41, 5.74) is 0.212. The molecule has 4 aliphatic rings. The maximum absolute atomic E-state index is 14.1. The Kier molecular flexibility index (Phi) is 5.60. The maximum atomic E-state index is 14.1. The molecule has 2 aromatic rings. The highest BCUT2D eigenvalue weighted by Gasteiger charge is 2.55. The van der Waals surface area contributed by atoms with Gasteiger partial charge in [-0.3, -0.25) is 9.59 Å². The number of nitrogens with one attached hydrogen (secondary N) is 1. The molecule has 2 unspecified atom stereocenters. The summed E-state index contributed by atoms with van der Waals surface area (Å²) in [5, 5.41) is 14.0. The maximum Gasteiger partial charge on any atom is 0.251 e. The highest BCUT2D eigenvalue weighted by molar-refractivity contribution is 6.10. The van der Waals surface area contributed by atoms with Crippen molar-refractivity contribution in [3.63, 3.8) is 0 Å². The molecule has 4 aliphatic carbocycles. The van der Waals surface area contributed by atoms with Crippen LogP contribution in [0.15, 0.2) is 36.4 Å². The van der Waals surface area contributed by atoms with Crippen LogP contribution in [0.5, 0.6) is 0 Å². The average Bonchev–Trinajstić information content (AvgIpc) is 2.75. The Morgan fingerprint density at radius 2 is 1.73 bits per heavy atom. The van der Waals surface area contributed by atoms with Crippen LogP contribution in [-0.2, 0) is 6.42 Å². The van der Waals surface area contributed by atoms with E-state index in [0.29, 0.717) is 35.3 Å². The number of hydrogen-bond acceptors (Lipinski definition) is 3. The van der Waals surface area contributed by atoms with Gasteiger partial charge < -0.3 is 10.4 Å². The van der Waals surface area contributed by atoms with Crippen molar-refractivity contribution < 1.29 is 23.5 Å². The van der Waals surface area contributed by atoms with Gasteiger partial charge in [0.05, 0.1) is 11.2 Å². The summed E-state index contributed by atoms with van der Waals surface area (Å²) >= 11 is 0.